The number of aliphatic hydroxyl groups excluding tert-OH is 2. The second-order valence-corrected chi connectivity index (χ2v) is 14.4. The van der Waals surface area contributed by atoms with E-state index in [0.29, 0.717) is 19.3 Å². The zero-order chi connectivity index (χ0) is 35.3. The van der Waals surface area contributed by atoms with E-state index in [1.165, 1.54) is 103 Å². The number of rotatable bonds is 37. The van der Waals surface area contributed by atoms with Crippen LogP contribution >= 0.6 is 0 Å². The summed E-state index contributed by atoms with van der Waals surface area (Å²) in [6, 6.07) is -0.696. The van der Waals surface area contributed by atoms with Crippen LogP contribution in [0.3, 0.4) is 0 Å². The molecule has 0 bridgehead atoms. The molecule has 284 valence electrons. The molecule has 0 aromatic heterocycles. The summed E-state index contributed by atoms with van der Waals surface area (Å²) in [7, 11) is 0. The Kier molecular flexibility index (Phi) is 35.8. The number of aliphatic hydroxyl groups is 2. The molecule has 3 atom stereocenters. The number of carbonyl (C=O) groups is 2. The molecule has 6 heteroatoms. The number of unbranched alkanes of at least 4 members (excludes halogenated alkanes) is 23. The lowest BCUT2D eigenvalue weighted by molar-refractivity contribution is -0.151. The van der Waals surface area contributed by atoms with Crippen LogP contribution < -0.4 is 5.32 Å². The minimum Gasteiger partial charge on any atom is -0.462 e. The molecule has 0 saturated carbocycles. The SMILES string of the molecule is CCCCC/C=C\CCCCCC(CC(=O)NC(CO)C(O)CCCCCCCCCCC)OC(=O)CCCCCCCCCCCC. The summed E-state index contributed by atoms with van der Waals surface area (Å²) in [6.45, 7) is 6.40. The highest BCUT2D eigenvalue weighted by Crippen LogP contribution is 2.17. The molecular formula is C42H81NO5. The summed E-state index contributed by atoms with van der Waals surface area (Å²) in [4.78, 5) is 25.8. The molecule has 0 aliphatic heterocycles. The first-order chi connectivity index (χ1) is 23.5. The number of amides is 1. The minimum absolute atomic E-state index is 0.0718. The van der Waals surface area contributed by atoms with Gasteiger partial charge in [-0.2, -0.15) is 0 Å². The molecule has 0 radical (unpaired) electrons. The summed E-state index contributed by atoms with van der Waals surface area (Å²) in [5, 5.41) is 23.5. The van der Waals surface area contributed by atoms with E-state index in [1.54, 1.807) is 0 Å². The lowest BCUT2D eigenvalue weighted by Gasteiger charge is -2.24. The highest BCUT2D eigenvalue weighted by atomic mass is 16.5. The maximum atomic E-state index is 13.0. The number of allylic oxidation sites excluding steroid dienone is 2. The Labute approximate surface area is 298 Å². The first-order valence-corrected chi connectivity index (χ1v) is 20.9. The van der Waals surface area contributed by atoms with E-state index in [4.69, 9.17) is 4.74 Å². The molecule has 1 amide bonds. The van der Waals surface area contributed by atoms with Gasteiger partial charge in [0.2, 0.25) is 5.91 Å². The Balaban J connectivity index is 4.60. The number of esters is 1. The summed E-state index contributed by atoms with van der Waals surface area (Å²) >= 11 is 0. The van der Waals surface area contributed by atoms with Crippen LogP contribution in [0, 0.1) is 0 Å². The van der Waals surface area contributed by atoms with Crippen molar-refractivity contribution in [3.8, 4) is 0 Å². The number of ether oxygens (including phenoxy) is 1. The average molecular weight is 680 g/mol. The van der Waals surface area contributed by atoms with E-state index >= 15 is 0 Å². The van der Waals surface area contributed by atoms with Gasteiger partial charge in [-0.15, -0.1) is 0 Å². The predicted molar refractivity (Wildman–Crippen MR) is 204 cm³/mol. The Hall–Kier alpha value is -1.40. The third-order valence-corrected chi connectivity index (χ3v) is 9.59. The van der Waals surface area contributed by atoms with E-state index in [2.05, 4.69) is 38.2 Å². The second-order valence-electron chi connectivity index (χ2n) is 14.4. The van der Waals surface area contributed by atoms with Gasteiger partial charge in [0.25, 0.3) is 0 Å². The second kappa shape index (κ2) is 36.9. The molecular weight excluding hydrogens is 598 g/mol. The van der Waals surface area contributed by atoms with Crippen LogP contribution in [0.2, 0.25) is 0 Å². The Bertz CT molecular complexity index is 727. The smallest absolute Gasteiger partial charge is 0.306 e. The quantitative estimate of drug-likeness (QED) is 0.0345. The number of carbonyl (C=O) groups excluding carboxylic acids is 2. The van der Waals surface area contributed by atoms with Gasteiger partial charge in [0.1, 0.15) is 6.10 Å². The molecule has 0 spiro atoms. The normalized spacial score (nSPS) is 13.5. The van der Waals surface area contributed by atoms with E-state index in [1.807, 2.05) is 0 Å². The van der Waals surface area contributed by atoms with Gasteiger partial charge in [-0.3, -0.25) is 9.59 Å². The maximum Gasteiger partial charge on any atom is 0.306 e. The van der Waals surface area contributed by atoms with E-state index in [0.717, 1.165) is 70.6 Å². The molecule has 0 rings (SSSR count). The van der Waals surface area contributed by atoms with Gasteiger partial charge in [0.15, 0.2) is 0 Å². The van der Waals surface area contributed by atoms with Crippen molar-refractivity contribution in [1.29, 1.82) is 0 Å². The number of nitrogens with one attached hydrogen (secondary N) is 1. The van der Waals surface area contributed by atoms with Crippen LogP contribution in [0.5, 0.6) is 0 Å². The van der Waals surface area contributed by atoms with Crippen LogP contribution in [0.4, 0.5) is 0 Å². The standard InChI is InChI=1S/C42H81NO5/c1-4-7-10-13-16-19-22-24-27-30-33-38(48-42(47)35-32-29-26-23-20-17-14-11-8-5-2)36-41(46)43-39(37-44)40(45)34-31-28-25-21-18-15-12-9-6-3/h16,19,38-40,44-45H,4-15,17-18,20-37H2,1-3H3,(H,43,46)/b19-16-. The lowest BCUT2D eigenvalue weighted by Crippen LogP contribution is -2.46. The first kappa shape index (κ1) is 46.6. The molecule has 0 saturated heterocycles. The van der Waals surface area contributed by atoms with Crippen molar-refractivity contribution in [2.24, 2.45) is 0 Å². The first-order valence-electron chi connectivity index (χ1n) is 20.9. The van der Waals surface area contributed by atoms with Gasteiger partial charge >= 0.3 is 5.97 Å². The molecule has 48 heavy (non-hydrogen) atoms. The fraction of sp³-hybridized carbons (Fsp3) is 0.905. The highest BCUT2D eigenvalue weighted by molar-refractivity contribution is 5.77. The highest BCUT2D eigenvalue weighted by Gasteiger charge is 2.24. The Morgan fingerprint density at radius 1 is 0.583 bits per heavy atom. The fourth-order valence-electron chi connectivity index (χ4n) is 6.36. The van der Waals surface area contributed by atoms with Gasteiger partial charge in [0, 0.05) is 6.42 Å². The molecule has 0 aliphatic carbocycles. The van der Waals surface area contributed by atoms with Gasteiger partial charge in [-0.05, 0) is 51.4 Å². The van der Waals surface area contributed by atoms with Gasteiger partial charge in [0.05, 0.1) is 25.2 Å². The molecule has 0 fully saturated rings. The van der Waals surface area contributed by atoms with Crippen molar-refractivity contribution < 1.29 is 24.5 Å². The minimum atomic E-state index is -0.782. The predicted octanol–water partition coefficient (Wildman–Crippen LogP) is 11.4. The van der Waals surface area contributed by atoms with Crippen LogP contribution in [0.1, 0.15) is 220 Å². The van der Waals surface area contributed by atoms with Crippen molar-refractivity contribution in [2.75, 3.05) is 6.61 Å². The van der Waals surface area contributed by atoms with Crippen molar-refractivity contribution >= 4 is 11.9 Å². The van der Waals surface area contributed by atoms with Crippen LogP contribution in [-0.4, -0.2) is 46.9 Å². The molecule has 0 aliphatic rings. The Morgan fingerprint density at radius 2 is 1.00 bits per heavy atom. The summed E-state index contributed by atoms with van der Waals surface area (Å²) in [6.07, 6.45) is 37.0. The van der Waals surface area contributed by atoms with Crippen LogP contribution in [0.15, 0.2) is 12.2 Å². The van der Waals surface area contributed by atoms with Crippen LogP contribution in [0.25, 0.3) is 0 Å². The van der Waals surface area contributed by atoms with Gasteiger partial charge in [-0.1, -0.05) is 168 Å². The van der Waals surface area contributed by atoms with Crippen molar-refractivity contribution in [3.05, 3.63) is 12.2 Å². The van der Waals surface area contributed by atoms with Crippen LogP contribution in [-0.2, 0) is 14.3 Å². The van der Waals surface area contributed by atoms with Crippen molar-refractivity contribution in [2.45, 2.75) is 238 Å². The summed E-state index contributed by atoms with van der Waals surface area (Å²) < 4.78 is 5.86. The number of hydrogen-bond acceptors (Lipinski definition) is 5. The maximum absolute atomic E-state index is 13.0. The number of hydrogen-bond donors (Lipinski definition) is 3. The summed E-state index contributed by atoms with van der Waals surface area (Å²) in [5.74, 6) is -0.488. The van der Waals surface area contributed by atoms with E-state index < -0.39 is 18.2 Å². The zero-order valence-corrected chi connectivity index (χ0v) is 32.1. The van der Waals surface area contributed by atoms with Crippen molar-refractivity contribution in [1.82, 2.24) is 5.32 Å². The largest absolute Gasteiger partial charge is 0.462 e. The third-order valence-electron chi connectivity index (χ3n) is 9.59. The average Bonchev–Trinajstić information content (AvgIpc) is 3.07. The molecule has 6 nitrogen and oxygen atoms in total. The fourth-order valence-corrected chi connectivity index (χ4v) is 6.36. The van der Waals surface area contributed by atoms with E-state index in [-0.39, 0.29) is 24.9 Å². The lowest BCUT2D eigenvalue weighted by atomic mass is 10.0. The molecule has 0 heterocycles. The van der Waals surface area contributed by atoms with Gasteiger partial charge in [-0.25, -0.2) is 0 Å². The molecule has 0 aromatic carbocycles. The summed E-state index contributed by atoms with van der Waals surface area (Å²) in [5.41, 5.74) is 0. The third kappa shape index (κ3) is 31.8. The Morgan fingerprint density at radius 3 is 1.52 bits per heavy atom. The van der Waals surface area contributed by atoms with Crippen molar-refractivity contribution in [3.63, 3.8) is 0 Å². The molecule has 0 aromatic rings. The van der Waals surface area contributed by atoms with E-state index in [9.17, 15) is 19.8 Å². The zero-order valence-electron chi connectivity index (χ0n) is 32.1. The topological polar surface area (TPSA) is 95.9 Å². The van der Waals surface area contributed by atoms with Gasteiger partial charge < -0.3 is 20.3 Å². The molecule has 3 N–H and O–H groups in total. The molecule has 3 unspecified atom stereocenters. The monoisotopic (exact) mass is 680 g/mol.